The lowest BCUT2D eigenvalue weighted by atomic mass is 10.1. The standard InChI is InChI=1S/C24H23N3O3S/c1-26-20-8-3-4-9-21(20)27(2)24(26)19(13-25)22(28)14-30-23(29)15-31-18-11-10-16-6-5-7-17(16)12-18/h3-4,8-12H,5-7,14-15H2,1-2H3. The van der Waals surface area contributed by atoms with Gasteiger partial charge >= 0.3 is 5.97 Å². The van der Waals surface area contributed by atoms with Crippen LogP contribution in [-0.4, -0.2) is 38.2 Å². The molecule has 0 fully saturated rings. The van der Waals surface area contributed by atoms with Crippen molar-refractivity contribution >= 4 is 34.9 Å². The van der Waals surface area contributed by atoms with Gasteiger partial charge in [0.15, 0.2) is 6.61 Å². The molecule has 0 N–H and O–H groups in total. The Morgan fingerprint density at radius 1 is 1.06 bits per heavy atom. The van der Waals surface area contributed by atoms with Crippen LogP contribution >= 0.6 is 11.8 Å². The van der Waals surface area contributed by atoms with Crippen LogP contribution in [0.2, 0.25) is 0 Å². The number of para-hydroxylation sites is 2. The first kappa shape index (κ1) is 21.0. The number of aryl methyl sites for hydroxylation is 2. The molecule has 0 aromatic heterocycles. The van der Waals surface area contributed by atoms with E-state index in [1.807, 2.05) is 50.5 Å². The first-order valence-corrected chi connectivity index (χ1v) is 11.1. The number of Topliss-reactive ketones (excluding diaryl/α,β-unsaturated/α-hetero) is 1. The van der Waals surface area contributed by atoms with Crippen LogP contribution in [0.5, 0.6) is 0 Å². The monoisotopic (exact) mass is 433 g/mol. The number of anilines is 2. The van der Waals surface area contributed by atoms with Crippen LogP contribution in [-0.2, 0) is 27.2 Å². The molecule has 7 heteroatoms. The summed E-state index contributed by atoms with van der Waals surface area (Å²) in [6.45, 7) is -0.450. The van der Waals surface area contributed by atoms with E-state index in [0.717, 1.165) is 29.1 Å². The third kappa shape index (κ3) is 4.17. The Morgan fingerprint density at radius 3 is 2.42 bits per heavy atom. The maximum atomic E-state index is 12.7. The van der Waals surface area contributed by atoms with E-state index in [1.54, 1.807) is 9.80 Å². The van der Waals surface area contributed by atoms with Crippen LogP contribution in [0.3, 0.4) is 0 Å². The molecule has 0 radical (unpaired) electrons. The van der Waals surface area contributed by atoms with Crippen molar-refractivity contribution in [1.29, 1.82) is 5.26 Å². The normalized spacial score (nSPS) is 14.2. The highest BCUT2D eigenvalue weighted by Gasteiger charge is 2.31. The number of thioether (sulfide) groups is 1. The van der Waals surface area contributed by atoms with E-state index in [9.17, 15) is 14.9 Å². The summed E-state index contributed by atoms with van der Waals surface area (Å²) in [6.07, 6.45) is 3.39. The molecule has 1 heterocycles. The number of ketones is 1. The quantitative estimate of drug-likeness (QED) is 0.298. The van der Waals surface area contributed by atoms with E-state index < -0.39 is 18.4 Å². The van der Waals surface area contributed by atoms with E-state index in [-0.39, 0.29) is 11.3 Å². The number of hydrogen-bond acceptors (Lipinski definition) is 7. The molecule has 0 saturated heterocycles. The number of nitrogens with zero attached hydrogens (tertiary/aromatic N) is 3. The van der Waals surface area contributed by atoms with Crippen molar-refractivity contribution in [1.82, 2.24) is 0 Å². The molecule has 0 unspecified atom stereocenters. The number of hydrogen-bond donors (Lipinski definition) is 0. The third-order valence-electron chi connectivity index (χ3n) is 5.64. The smallest absolute Gasteiger partial charge is 0.316 e. The number of nitriles is 1. The van der Waals surface area contributed by atoms with Gasteiger partial charge in [0, 0.05) is 19.0 Å². The number of carbonyl (C=O) groups is 2. The lowest BCUT2D eigenvalue weighted by molar-refractivity contribution is -0.144. The van der Waals surface area contributed by atoms with Gasteiger partial charge in [0.1, 0.15) is 17.5 Å². The van der Waals surface area contributed by atoms with Gasteiger partial charge in [-0.25, -0.2) is 0 Å². The minimum absolute atomic E-state index is 0.0275. The SMILES string of the molecule is CN1C(=C(C#N)C(=O)COC(=O)CSc2ccc3c(c2)CCC3)N(C)c2ccccc21. The zero-order valence-corrected chi connectivity index (χ0v) is 18.4. The minimum Gasteiger partial charge on any atom is -0.457 e. The number of ether oxygens (including phenoxy) is 1. The summed E-state index contributed by atoms with van der Waals surface area (Å²) >= 11 is 1.40. The zero-order chi connectivity index (χ0) is 22.0. The molecule has 2 aliphatic rings. The van der Waals surface area contributed by atoms with Crippen LogP contribution in [0.15, 0.2) is 58.8 Å². The largest absolute Gasteiger partial charge is 0.457 e. The molecule has 2 aromatic rings. The molecule has 6 nitrogen and oxygen atoms in total. The van der Waals surface area contributed by atoms with Crippen LogP contribution < -0.4 is 9.80 Å². The second-order valence-corrected chi connectivity index (χ2v) is 8.62. The molecule has 0 amide bonds. The number of esters is 1. The van der Waals surface area contributed by atoms with Crippen molar-refractivity contribution in [3.05, 3.63) is 65.0 Å². The molecule has 4 rings (SSSR count). The second-order valence-electron chi connectivity index (χ2n) is 7.57. The van der Waals surface area contributed by atoms with E-state index in [2.05, 4.69) is 12.1 Å². The Labute approximate surface area is 186 Å². The van der Waals surface area contributed by atoms with Gasteiger partial charge in [0.05, 0.1) is 17.1 Å². The highest BCUT2D eigenvalue weighted by atomic mass is 32.2. The van der Waals surface area contributed by atoms with Gasteiger partial charge in [-0.2, -0.15) is 5.26 Å². The summed E-state index contributed by atoms with van der Waals surface area (Å²) < 4.78 is 5.18. The minimum atomic E-state index is -0.514. The Hall–Kier alpha value is -3.24. The van der Waals surface area contributed by atoms with Crippen LogP contribution in [0.4, 0.5) is 11.4 Å². The van der Waals surface area contributed by atoms with Gasteiger partial charge in [0.2, 0.25) is 5.78 Å². The lowest BCUT2D eigenvalue weighted by Crippen LogP contribution is -2.28. The van der Waals surface area contributed by atoms with Crippen LogP contribution in [0.25, 0.3) is 0 Å². The molecular formula is C24H23N3O3S. The average Bonchev–Trinajstić information content (AvgIpc) is 3.35. The third-order valence-corrected chi connectivity index (χ3v) is 6.61. The van der Waals surface area contributed by atoms with Crippen molar-refractivity contribution in [2.24, 2.45) is 0 Å². The summed E-state index contributed by atoms with van der Waals surface area (Å²) in [4.78, 5) is 29.5. The topological polar surface area (TPSA) is 73.6 Å². The summed E-state index contributed by atoms with van der Waals surface area (Å²) in [5, 5.41) is 9.64. The molecule has 158 valence electrons. The van der Waals surface area contributed by atoms with Crippen molar-refractivity contribution in [3.8, 4) is 6.07 Å². The maximum absolute atomic E-state index is 12.7. The van der Waals surface area contributed by atoms with E-state index in [0.29, 0.717) is 5.82 Å². The fourth-order valence-electron chi connectivity index (χ4n) is 4.10. The van der Waals surface area contributed by atoms with Crippen molar-refractivity contribution < 1.29 is 14.3 Å². The fourth-order valence-corrected chi connectivity index (χ4v) is 4.85. The zero-order valence-electron chi connectivity index (χ0n) is 17.6. The van der Waals surface area contributed by atoms with Gasteiger partial charge in [-0.15, -0.1) is 11.8 Å². The van der Waals surface area contributed by atoms with Crippen molar-refractivity contribution in [2.45, 2.75) is 24.2 Å². The maximum Gasteiger partial charge on any atom is 0.316 e. The average molecular weight is 434 g/mol. The Kier molecular flexibility index (Phi) is 6.01. The van der Waals surface area contributed by atoms with Gasteiger partial charge in [-0.05, 0) is 54.7 Å². The summed E-state index contributed by atoms with van der Waals surface area (Å²) in [6, 6.07) is 15.9. The number of carbonyl (C=O) groups excluding carboxylic acids is 2. The van der Waals surface area contributed by atoms with Gasteiger partial charge < -0.3 is 14.5 Å². The van der Waals surface area contributed by atoms with Gasteiger partial charge in [0.25, 0.3) is 0 Å². The Balaban J connectivity index is 1.37. The molecule has 0 bridgehead atoms. The van der Waals surface area contributed by atoms with Gasteiger partial charge in [-0.1, -0.05) is 18.2 Å². The van der Waals surface area contributed by atoms with Crippen LogP contribution in [0.1, 0.15) is 17.5 Å². The summed E-state index contributed by atoms with van der Waals surface area (Å²) in [7, 11) is 3.61. The Bertz CT molecular complexity index is 1090. The first-order chi connectivity index (χ1) is 15.0. The summed E-state index contributed by atoms with van der Waals surface area (Å²) in [5.41, 5.74) is 4.52. The Morgan fingerprint density at radius 2 is 1.74 bits per heavy atom. The van der Waals surface area contributed by atoms with Crippen molar-refractivity contribution in [3.63, 3.8) is 0 Å². The summed E-state index contributed by atoms with van der Waals surface area (Å²) in [5.74, 6) is -0.384. The molecule has 0 spiro atoms. The van der Waals surface area contributed by atoms with Gasteiger partial charge in [-0.3, -0.25) is 9.59 Å². The molecule has 1 aliphatic heterocycles. The molecule has 31 heavy (non-hydrogen) atoms. The predicted octanol–water partition coefficient (Wildman–Crippen LogP) is 3.70. The number of rotatable bonds is 6. The second kappa shape index (κ2) is 8.86. The van der Waals surface area contributed by atoms with E-state index in [1.165, 1.54) is 29.3 Å². The molecule has 2 aromatic carbocycles. The molecular weight excluding hydrogens is 410 g/mol. The van der Waals surface area contributed by atoms with E-state index >= 15 is 0 Å². The lowest BCUT2D eigenvalue weighted by Gasteiger charge is -2.19. The fraction of sp³-hybridized carbons (Fsp3) is 0.292. The predicted molar refractivity (Wildman–Crippen MR) is 121 cm³/mol. The van der Waals surface area contributed by atoms with Crippen molar-refractivity contribution in [2.75, 3.05) is 36.3 Å². The molecule has 0 saturated carbocycles. The molecule has 0 atom stereocenters. The highest BCUT2D eigenvalue weighted by Crippen LogP contribution is 2.40. The highest BCUT2D eigenvalue weighted by molar-refractivity contribution is 8.00. The molecule has 1 aliphatic carbocycles. The number of fused-ring (bicyclic) bond motifs is 2. The first-order valence-electron chi connectivity index (χ1n) is 10.1. The van der Waals surface area contributed by atoms with E-state index in [4.69, 9.17) is 4.74 Å². The number of benzene rings is 2. The van der Waals surface area contributed by atoms with Crippen LogP contribution in [0, 0.1) is 11.3 Å².